The van der Waals surface area contributed by atoms with Crippen molar-refractivity contribution in [2.75, 3.05) is 41.0 Å². The summed E-state index contributed by atoms with van der Waals surface area (Å²) < 4.78 is 27.9. The number of nitrogens with zero attached hydrogens (tertiary/aromatic N) is 1. The molecule has 0 saturated carbocycles. The van der Waals surface area contributed by atoms with Crippen molar-refractivity contribution in [2.45, 2.75) is 37.8 Å². The van der Waals surface area contributed by atoms with Crippen LogP contribution in [0, 0.1) is 0 Å². The van der Waals surface area contributed by atoms with E-state index in [2.05, 4.69) is 0 Å². The number of carbonyl (C=O) groups is 1. The van der Waals surface area contributed by atoms with Crippen molar-refractivity contribution in [3.05, 3.63) is 47.9 Å². The van der Waals surface area contributed by atoms with Gasteiger partial charge in [-0.15, -0.1) is 0 Å². The van der Waals surface area contributed by atoms with Crippen LogP contribution in [0.2, 0.25) is 0 Å². The fraction of sp³-hybridized carbons (Fsp3) is 0.522. The number of furan rings is 1. The van der Waals surface area contributed by atoms with Gasteiger partial charge in [-0.2, -0.15) is 0 Å². The molecule has 0 radical (unpaired) electrons. The van der Waals surface area contributed by atoms with E-state index in [1.54, 1.807) is 13.3 Å². The Hall–Kier alpha value is -2.39. The van der Waals surface area contributed by atoms with E-state index in [9.17, 15) is 4.79 Å². The molecule has 1 N–H and O–H groups in total. The molecule has 0 unspecified atom stereocenters. The minimum atomic E-state index is -0.574. The number of hydrogen-bond donors (Lipinski definition) is 1. The third-order valence-corrected chi connectivity index (χ3v) is 5.33. The van der Waals surface area contributed by atoms with Crippen molar-refractivity contribution in [1.82, 2.24) is 4.90 Å². The molecular weight excluding hydrogens is 402 g/mol. The molecule has 1 aliphatic heterocycles. The highest BCUT2D eigenvalue weighted by molar-refractivity contribution is 5.92. The highest BCUT2D eigenvalue weighted by Crippen LogP contribution is 2.36. The number of fused-ring (bicyclic) bond motifs is 1. The monoisotopic (exact) mass is 433 g/mol. The maximum atomic E-state index is 13.1. The van der Waals surface area contributed by atoms with Gasteiger partial charge in [-0.3, -0.25) is 4.79 Å². The molecule has 3 rings (SSSR count). The molecule has 0 fully saturated rings. The third kappa shape index (κ3) is 5.86. The summed E-state index contributed by atoms with van der Waals surface area (Å²) in [6, 6.07) is 7.81. The first-order valence-corrected chi connectivity index (χ1v) is 10.5. The molecule has 170 valence electrons. The molecule has 8 heteroatoms. The average molecular weight is 434 g/mol. The summed E-state index contributed by atoms with van der Waals surface area (Å²) in [4.78, 5) is 14.6. The second kappa shape index (κ2) is 11.3. The number of unbranched alkanes of at least 4 members (excludes halogenated alkanes) is 1. The number of rotatable bonds is 11. The Morgan fingerprint density at radius 3 is 2.77 bits per heavy atom. The number of allylic oxidation sites excluding steroid dienone is 1. The van der Waals surface area contributed by atoms with Gasteiger partial charge in [0.05, 0.1) is 19.4 Å². The first-order valence-electron chi connectivity index (χ1n) is 10.5. The smallest absolute Gasteiger partial charge is 0.288 e. The Labute approximate surface area is 182 Å². The van der Waals surface area contributed by atoms with Gasteiger partial charge in [-0.25, -0.2) is 0 Å². The predicted octanol–water partition coefficient (Wildman–Crippen LogP) is 3.01. The lowest BCUT2D eigenvalue weighted by atomic mass is 9.92. The molecule has 8 nitrogen and oxygen atoms in total. The van der Waals surface area contributed by atoms with E-state index in [4.69, 9.17) is 28.5 Å². The number of para-hydroxylation sites is 1. The van der Waals surface area contributed by atoms with Crippen LogP contribution in [0.15, 0.2) is 46.8 Å². The first-order chi connectivity index (χ1) is 15.1. The average Bonchev–Trinajstić information content (AvgIpc) is 3.23. The van der Waals surface area contributed by atoms with E-state index in [0.29, 0.717) is 25.9 Å². The van der Waals surface area contributed by atoms with Gasteiger partial charge >= 0.3 is 0 Å². The molecular formula is C23H31NO7. The zero-order valence-electron chi connectivity index (χ0n) is 18.3. The fourth-order valence-corrected chi connectivity index (χ4v) is 3.58. The van der Waals surface area contributed by atoms with Crippen LogP contribution in [0.5, 0.6) is 0 Å². The van der Waals surface area contributed by atoms with Crippen molar-refractivity contribution < 1.29 is 33.3 Å². The molecule has 0 saturated heterocycles. The molecule has 1 aromatic carbocycles. The highest BCUT2D eigenvalue weighted by Gasteiger charge is 2.32. The lowest BCUT2D eigenvalue weighted by Crippen LogP contribution is -2.39. The second-order valence-corrected chi connectivity index (χ2v) is 7.50. The van der Waals surface area contributed by atoms with E-state index in [1.165, 1.54) is 19.1 Å². The van der Waals surface area contributed by atoms with E-state index < -0.39 is 12.6 Å². The van der Waals surface area contributed by atoms with Crippen LogP contribution < -0.4 is 0 Å². The summed E-state index contributed by atoms with van der Waals surface area (Å²) in [5.74, 6) is -0.157. The third-order valence-electron chi connectivity index (χ3n) is 5.33. The van der Waals surface area contributed by atoms with Gasteiger partial charge in [-0.1, -0.05) is 18.2 Å². The van der Waals surface area contributed by atoms with Crippen LogP contribution in [0.1, 0.15) is 30.7 Å². The molecule has 31 heavy (non-hydrogen) atoms. The molecule has 1 amide bonds. The van der Waals surface area contributed by atoms with Crippen molar-refractivity contribution in [3.8, 4) is 0 Å². The predicted molar refractivity (Wildman–Crippen MR) is 114 cm³/mol. The summed E-state index contributed by atoms with van der Waals surface area (Å²) >= 11 is 0. The Morgan fingerprint density at radius 1 is 1.26 bits per heavy atom. The molecule has 2 heterocycles. The van der Waals surface area contributed by atoms with Crippen molar-refractivity contribution >= 4 is 16.9 Å². The van der Waals surface area contributed by atoms with Gasteiger partial charge in [0.15, 0.2) is 12.0 Å². The number of ether oxygens (including phenoxy) is 4. The molecule has 0 spiro atoms. The summed E-state index contributed by atoms with van der Waals surface area (Å²) in [6.07, 6.45) is 4.39. The number of aliphatic hydroxyl groups is 1. The number of hydrogen-bond acceptors (Lipinski definition) is 7. The minimum Gasteiger partial charge on any atom is -0.464 e. The topological polar surface area (TPSA) is 90.6 Å². The maximum absolute atomic E-state index is 13.1. The van der Waals surface area contributed by atoms with Crippen LogP contribution in [-0.4, -0.2) is 69.5 Å². The van der Waals surface area contributed by atoms with Gasteiger partial charge in [0, 0.05) is 51.2 Å². The van der Waals surface area contributed by atoms with E-state index in [0.717, 1.165) is 16.5 Å². The van der Waals surface area contributed by atoms with Crippen molar-refractivity contribution in [1.29, 1.82) is 0 Å². The van der Waals surface area contributed by atoms with Crippen molar-refractivity contribution in [3.63, 3.8) is 0 Å². The molecule has 0 bridgehead atoms. The van der Waals surface area contributed by atoms with Crippen molar-refractivity contribution in [2.24, 2.45) is 0 Å². The number of carbonyl (C=O) groups excluding carboxylic acids is 1. The van der Waals surface area contributed by atoms with Gasteiger partial charge in [0.25, 0.3) is 5.91 Å². The minimum absolute atomic E-state index is 0.103. The van der Waals surface area contributed by atoms with Gasteiger partial charge < -0.3 is 33.4 Å². The van der Waals surface area contributed by atoms with Crippen LogP contribution in [0.4, 0.5) is 0 Å². The first kappa shape index (κ1) is 23.3. The summed E-state index contributed by atoms with van der Waals surface area (Å²) in [5, 5.41) is 9.99. The largest absolute Gasteiger partial charge is 0.464 e. The maximum Gasteiger partial charge on any atom is 0.288 e. The molecule has 2 aromatic rings. The van der Waals surface area contributed by atoms with Crippen LogP contribution in [-0.2, 0) is 23.7 Å². The van der Waals surface area contributed by atoms with Gasteiger partial charge in [-0.05, 0) is 25.0 Å². The Balaban J connectivity index is 1.82. The summed E-state index contributed by atoms with van der Waals surface area (Å²) in [7, 11) is 4.73. The Kier molecular flexibility index (Phi) is 8.48. The van der Waals surface area contributed by atoms with Crippen LogP contribution >= 0.6 is 0 Å². The quantitative estimate of drug-likeness (QED) is 0.430. The molecule has 2 atom stereocenters. The van der Waals surface area contributed by atoms with Crippen LogP contribution in [0.3, 0.4) is 0 Å². The van der Waals surface area contributed by atoms with E-state index in [1.807, 2.05) is 30.3 Å². The Bertz CT molecular complexity index is 874. The second-order valence-electron chi connectivity index (χ2n) is 7.50. The molecule has 1 aliphatic rings. The van der Waals surface area contributed by atoms with E-state index in [-0.39, 0.29) is 30.7 Å². The van der Waals surface area contributed by atoms with E-state index >= 15 is 0 Å². The molecule has 0 aliphatic carbocycles. The number of benzene rings is 1. The van der Waals surface area contributed by atoms with Gasteiger partial charge in [0.1, 0.15) is 5.58 Å². The SMILES string of the molecule is COC(CN(C)C(=O)C1=C[C@@H](c2coc3ccccc23)C[C@@H](OCCCCO)O1)OC. The highest BCUT2D eigenvalue weighted by atomic mass is 16.7. The zero-order chi connectivity index (χ0) is 22.2. The molecule has 1 aromatic heterocycles. The summed E-state index contributed by atoms with van der Waals surface area (Å²) in [5.41, 5.74) is 1.79. The standard InChI is InChI=1S/C23H31NO7/c1-24(14-22(27-2)28-3)23(26)20-12-16(13-21(31-20)29-11-7-6-10-25)18-15-30-19-9-5-4-8-17(18)19/h4-5,8-9,12,15-16,21-22,25H,6-7,10-11,13-14H2,1-3H3/t16-,21+/m1/s1. The number of aliphatic hydroxyl groups excluding tert-OH is 1. The fourth-order valence-electron chi connectivity index (χ4n) is 3.58. The Morgan fingerprint density at radius 2 is 2.03 bits per heavy atom. The number of likely N-dealkylation sites (N-methyl/N-ethyl adjacent to an activating group) is 1. The van der Waals surface area contributed by atoms with Gasteiger partial charge in [0.2, 0.25) is 6.29 Å². The normalized spacial score (nSPS) is 18.8. The van der Waals surface area contributed by atoms with Crippen LogP contribution in [0.25, 0.3) is 11.0 Å². The lowest BCUT2D eigenvalue weighted by Gasteiger charge is -2.31. The number of methoxy groups -OCH3 is 2. The summed E-state index contributed by atoms with van der Waals surface area (Å²) in [6.45, 7) is 0.817. The lowest BCUT2D eigenvalue weighted by molar-refractivity contribution is -0.158. The zero-order valence-corrected chi connectivity index (χ0v) is 18.3. The number of amides is 1.